The SMILES string of the molecule is C1#CCc2ccccc2-c2ccccc2CC#CCCCC1. The predicted molar refractivity (Wildman–Crippen MR) is 93.3 cm³/mol. The molecule has 0 aliphatic heterocycles. The summed E-state index contributed by atoms with van der Waals surface area (Å²) in [7, 11) is 0. The molecule has 0 N–H and O–H groups in total. The van der Waals surface area contributed by atoms with Gasteiger partial charge in [0.1, 0.15) is 0 Å². The monoisotopic (exact) mass is 284 g/mol. The van der Waals surface area contributed by atoms with Gasteiger partial charge in [0.05, 0.1) is 0 Å². The van der Waals surface area contributed by atoms with Crippen molar-refractivity contribution in [1.29, 1.82) is 0 Å². The van der Waals surface area contributed by atoms with Gasteiger partial charge in [-0.15, -0.1) is 11.8 Å². The zero-order chi connectivity index (χ0) is 15.0. The van der Waals surface area contributed by atoms with E-state index in [-0.39, 0.29) is 0 Å². The van der Waals surface area contributed by atoms with Gasteiger partial charge < -0.3 is 0 Å². The first-order valence-electron chi connectivity index (χ1n) is 8.03. The lowest BCUT2D eigenvalue weighted by Gasteiger charge is -2.11. The average Bonchev–Trinajstić information content (AvgIpc) is 2.57. The summed E-state index contributed by atoms with van der Waals surface area (Å²) >= 11 is 0. The van der Waals surface area contributed by atoms with Crippen LogP contribution in [-0.4, -0.2) is 0 Å². The first-order chi connectivity index (χ1) is 10.9. The molecule has 0 nitrogen and oxygen atoms in total. The van der Waals surface area contributed by atoms with Crippen LogP contribution in [-0.2, 0) is 12.8 Å². The summed E-state index contributed by atoms with van der Waals surface area (Å²) in [5, 5.41) is 0. The molecule has 0 fully saturated rings. The standard InChI is InChI=1S/C22H20/c1-2-4-6-8-14-20-16-10-12-18-22(20)21-17-11-9-15-19(21)13-7-5-3-1/h9-12,15-18H,1-4,13-14H2. The molecular weight excluding hydrogens is 264 g/mol. The molecular formula is C22H20. The van der Waals surface area contributed by atoms with E-state index in [4.69, 9.17) is 0 Å². The van der Waals surface area contributed by atoms with Crippen molar-refractivity contribution < 1.29 is 0 Å². The van der Waals surface area contributed by atoms with Crippen LogP contribution in [0.1, 0.15) is 36.8 Å². The van der Waals surface area contributed by atoms with Crippen molar-refractivity contribution >= 4 is 0 Å². The number of rotatable bonds is 0. The van der Waals surface area contributed by atoms with Crippen LogP contribution in [0.15, 0.2) is 48.5 Å². The van der Waals surface area contributed by atoms with Crippen molar-refractivity contribution in [3.05, 3.63) is 59.7 Å². The van der Waals surface area contributed by atoms with Gasteiger partial charge in [-0.2, -0.15) is 0 Å². The Morgan fingerprint density at radius 2 is 1.00 bits per heavy atom. The Morgan fingerprint density at radius 3 is 1.50 bits per heavy atom. The summed E-state index contributed by atoms with van der Waals surface area (Å²) in [6, 6.07) is 17.2. The van der Waals surface area contributed by atoms with Gasteiger partial charge in [-0.25, -0.2) is 0 Å². The maximum absolute atomic E-state index is 3.34. The number of hydrogen-bond acceptors (Lipinski definition) is 0. The van der Waals surface area contributed by atoms with Crippen LogP contribution in [0.2, 0.25) is 0 Å². The van der Waals surface area contributed by atoms with Gasteiger partial charge in [0.25, 0.3) is 0 Å². The zero-order valence-corrected chi connectivity index (χ0v) is 12.9. The Balaban J connectivity index is 2.05. The third kappa shape index (κ3) is 3.60. The summed E-state index contributed by atoms with van der Waals surface area (Å²) in [5.41, 5.74) is 5.22. The lowest BCUT2D eigenvalue weighted by atomic mass is 9.93. The van der Waals surface area contributed by atoms with E-state index < -0.39 is 0 Å². The summed E-state index contributed by atoms with van der Waals surface area (Å²) < 4.78 is 0. The van der Waals surface area contributed by atoms with Crippen LogP contribution in [0, 0.1) is 23.7 Å². The molecule has 2 aromatic rings. The van der Waals surface area contributed by atoms with Crippen molar-refractivity contribution in [2.45, 2.75) is 38.5 Å². The van der Waals surface area contributed by atoms with Crippen molar-refractivity contribution in [2.24, 2.45) is 0 Å². The second kappa shape index (κ2) is 7.53. The molecule has 108 valence electrons. The maximum atomic E-state index is 3.34. The van der Waals surface area contributed by atoms with Gasteiger partial charge in [0.2, 0.25) is 0 Å². The summed E-state index contributed by atoms with van der Waals surface area (Å²) in [6.45, 7) is 0. The average molecular weight is 284 g/mol. The molecule has 1 aliphatic carbocycles. The van der Waals surface area contributed by atoms with Crippen LogP contribution in [0.3, 0.4) is 0 Å². The lowest BCUT2D eigenvalue weighted by molar-refractivity contribution is 0.782. The fourth-order valence-corrected chi connectivity index (χ4v) is 2.79. The highest BCUT2D eigenvalue weighted by Crippen LogP contribution is 2.27. The maximum Gasteiger partial charge on any atom is 0.0346 e. The van der Waals surface area contributed by atoms with Crippen LogP contribution in [0.25, 0.3) is 11.1 Å². The molecule has 0 saturated heterocycles. The highest BCUT2D eigenvalue weighted by molar-refractivity contribution is 5.71. The molecule has 0 saturated carbocycles. The molecule has 0 bridgehead atoms. The van der Waals surface area contributed by atoms with Gasteiger partial charge in [0, 0.05) is 25.7 Å². The van der Waals surface area contributed by atoms with Crippen LogP contribution in [0.4, 0.5) is 0 Å². The summed E-state index contributed by atoms with van der Waals surface area (Å²) in [6.07, 6.45) is 5.94. The number of fused-ring (bicyclic) bond motifs is 3. The van der Waals surface area contributed by atoms with Crippen molar-refractivity contribution in [2.75, 3.05) is 0 Å². The van der Waals surface area contributed by atoms with E-state index in [1.165, 1.54) is 22.3 Å². The Bertz CT molecular complexity index is 692. The highest BCUT2D eigenvalue weighted by Gasteiger charge is 2.07. The molecule has 0 heterocycles. The smallest absolute Gasteiger partial charge is 0.0346 e. The Labute approximate surface area is 133 Å². The summed E-state index contributed by atoms with van der Waals surface area (Å²) in [5.74, 6) is 13.3. The van der Waals surface area contributed by atoms with E-state index in [1.54, 1.807) is 0 Å². The Morgan fingerprint density at radius 1 is 0.545 bits per heavy atom. The lowest BCUT2D eigenvalue weighted by Crippen LogP contribution is -1.93. The molecule has 1 aliphatic rings. The second-order valence-corrected chi connectivity index (χ2v) is 5.58. The molecule has 0 amide bonds. The molecule has 2 aromatic carbocycles. The van der Waals surface area contributed by atoms with Gasteiger partial charge >= 0.3 is 0 Å². The molecule has 0 heteroatoms. The van der Waals surface area contributed by atoms with Crippen molar-refractivity contribution in [1.82, 2.24) is 0 Å². The topological polar surface area (TPSA) is 0 Å². The minimum atomic E-state index is 0.830. The summed E-state index contributed by atoms with van der Waals surface area (Å²) in [4.78, 5) is 0. The molecule has 0 unspecified atom stereocenters. The van der Waals surface area contributed by atoms with E-state index in [1.807, 2.05) is 0 Å². The number of hydrogen-bond donors (Lipinski definition) is 0. The van der Waals surface area contributed by atoms with E-state index in [2.05, 4.69) is 72.2 Å². The molecule has 0 atom stereocenters. The molecule has 0 radical (unpaired) electrons. The van der Waals surface area contributed by atoms with E-state index in [0.717, 1.165) is 38.5 Å². The molecule has 0 spiro atoms. The Hall–Kier alpha value is -2.44. The van der Waals surface area contributed by atoms with Crippen molar-refractivity contribution in [3.63, 3.8) is 0 Å². The number of benzene rings is 2. The van der Waals surface area contributed by atoms with E-state index in [0.29, 0.717) is 0 Å². The third-order valence-corrected chi connectivity index (χ3v) is 3.99. The zero-order valence-electron chi connectivity index (χ0n) is 12.9. The van der Waals surface area contributed by atoms with Crippen LogP contribution in [0.5, 0.6) is 0 Å². The van der Waals surface area contributed by atoms with Gasteiger partial charge in [-0.1, -0.05) is 60.4 Å². The molecule has 22 heavy (non-hydrogen) atoms. The predicted octanol–water partition coefficient (Wildman–Crippen LogP) is 5.02. The van der Waals surface area contributed by atoms with Gasteiger partial charge in [-0.3, -0.25) is 0 Å². The quantitative estimate of drug-likeness (QED) is 0.596. The normalized spacial score (nSPS) is 14.2. The van der Waals surface area contributed by atoms with Crippen LogP contribution < -0.4 is 0 Å². The fraction of sp³-hybridized carbons (Fsp3) is 0.273. The van der Waals surface area contributed by atoms with Crippen molar-refractivity contribution in [3.8, 4) is 34.8 Å². The van der Waals surface area contributed by atoms with Crippen LogP contribution >= 0.6 is 0 Å². The van der Waals surface area contributed by atoms with E-state index in [9.17, 15) is 0 Å². The second-order valence-electron chi connectivity index (χ2n) is 5.58. The minimum absolute atomic E-state index is 0.830. The minimum Gasteiger partial charge on any atom is -0.103 e. The van der Waals surface area contributed by atoms with Gasteiger partial charge in [-0.05, 0) is 35.1 Å². The third-order valence-electron chi connectivity index (χ3n) is 3.99. The highest BCUT2D eigenvalue weighted by atomic mass is 14.1. The Kier molecular flexibility index (Phi) is 4.96. The van der Waals surface area contributed by atoms with Gasteiger partial charge in [0.15, 0.2) is 0 Å². The largest absolute Gasteiger partial charge is 0.103 e. The molecule has 0 aromatic heterocycles. The first-order valence-corrected chi connectivity index (χ1v) is 8.03. The first kappa shape index (κ1) is 14.5. The van der Waals surface area contributed by atoms with E-state index >= 15 is 0 Å². The fourth-order valence-electron chi connectivity index (χ4n) is 2.79. The molecule has 3 rings (SSSR count).